The van der Waals surface area contributed by atoms with Crippen LogP contribution in [-0.4, -0.2) is 27.8 Å². The van der Waals surface area contributed by atoms with Gasteiger partial charge in [-0.15, -0.1) is 0 Å². The lowest BCUT2D eigenvalue weighted by atomic mass is 10.0. The Kier molecular flexibility index (Phi) is 4.77. The van der Waals surface area contributed by atoms with Crippen LogP contribution in [0.25, 0.3) is 0 Å². The summed E-state index contributed by atoms with van der Waals surface area (Å²) in [6, 6.07) is 0. The van der Waals surface area contributed by atoms with Crippen molar-refractivity contribution >= 4 is 23.4 Å². The van der Waals surface area contributed by atoms with Crippen LogP contribution >= 0.6 is 23.4 Å². The van der Waals surface area contributed by atoms with Crippen LogP contribution in [0.5, 0.6) is 0 Å². The van der Waals surface area contributed by atoms with Gasteiger partial charge in [-0.2, -0.15) is 16.9 Å². The molecule has 96 valence electrons. The van der Waals surface area contributed by atoms with E-state index in [4.69, 9.17) is 11.6 Å². The quantitative estimate of drug-likeness (QED) is 0.915. The van der Waals surface area contributed by atoms with Crippen molar-refractivity contribution in [2.75, 3.05) is 18.1 Å². The van der Waals surface area contributed by atoms with Crippen LogP contribution in [0.4, 0.5) is 0 Å². The fourth-order valence-corrected chi connectivity index (χ4v) is 3.67. The number of hydrogen-bond acceptors (Lipinski definition) is 3. The van der Waals surface area contributed by atoms with Gasteiger partial charge in [-0.1, -0.05) is 11.6 Å². The summed E-state index contributed by atoms with van der Waals surface area (Å²) >= 11 is 8.27. The molecule has 3 nitrogen and oxygen atoms in total. The lowest BCUT2D eigenvalue weighted by molar-refractivity contribution is 0.447. The lowest BCUT2D eigenvalue weighted by Crippen LogP contribution is -2.25. The summed E-state index contributed by atoms with van der Waals surface area (Å²) in [7, 11) is 1.89. The van der Waals surface area contributed by atoms with Crippen molar-refractivity contribution in [3.63, 3.8) is 0 Å². The number of aromatic nitrogens is 2. The molecule has 2 heterocycles. The Labute approximate surface area is 112 Å². The highest BCUT2D eigenvalue weighted by molar-refractivity contribution is 7.99. The molecule has 1 aliphatic heterocycles. The predicted octanol–water partition coefficient (Wildman–Crippen LogP) is 2.61. The highest BCUT2D eigenvalue weighted by Gasteiger charge is 2.14. The zero-order valence-electron chi connectivity index (χ0n) is 10.5. The molecule has 0 atom stereocenters. The van der Waals surface area contributed by atoms with Gasteiger partial charge in [0.25, 0.3) is 0 Å². The first-order chi connectivity index (χ1) is 8.18. The zero-order valence-corrected chi connectivity index (χ0v) is 12.1. The van der Waals surface area contributed by atoms with E-state index in [1.165, 1.54) is 24.3 Å². The SMILES string of the molecule is Cc1nn(C)c(Cl)c1CNCC1CCSCC1. The van der Waals surface area contributed by atoms with Crippen molar-refractivity contribution in [3.05, 3.63) is 16.4 Å². The summed E-state index contributed by atoms with van der Waals surface area (Å²) in [6.45, 7) is 3.95. The van der Waals surface area contributed by atoms with Gasteiger partial charge in [-0.05, 0) is 43.7 Å². The second kappa shape index (κ2) is 6.12. The van der Waals surface area contributed by atoms with E-state index in [-0.39, 0.29) is 0 Å². The molecule has 1 saturated heterocycles. The monoisotopic (exact) mass is 273 g/mol. The second-order valence-electron chi connectivity index (χ2n) is 4.67. The summed E-state index contributed by atoms with van der Waals surface area (Å²) in [4.78, 5) is 0. The van der Waals surface area contributed by atoms with E-state index in [0.717, 1.165) is 35.4 Å². The lowest BCUT2D eigenvalue weighted by Gasteiger charge is -2.21. The largest absolute Gasteiger partial charge is 0.312 e. The predicted molar refractivity (Wildman–Crippen MR) is 74.7 cm³/mol. The molecule has 2 rings (SSSR count). The minimum atomic E-state index is 0.759. The van der Waals surface area contributed by atoms with E-state index in [2.05, 4.69) is 22.2 Å². The van der Waals surface area contributed by atoms with E-state index in [0.29, 0.717) is 0 Å². The van der Waals surface area contributed by atoms with E-state index in [1.54, 1.807) is 4.68 Å². The first-order valence-electron chi connectivity index (χ1n) is 6.15. The van der Waals surface area contributed by atoms with Crippen molar-refractivity contribution in [2.24, 2.45) is 13.0 Å². The van der Waals surface area contributed by atoms with Crippen LogP contribution in [0.15, 0.2) is 0 Å². The number of nitrogens with one attached hydrogen (secondary N) is 1. The molecule has 0 saturated carbocycles. The topological polar surface area (TPSA) is 29.9 Å². The van der Waals surface area contributed by atoms with Crippen LogP contribution in [0.2, 0.25) is 5.15 Å². The third-order valence-electron chi connectivity index (χ3n) is 3.35. The third kappa shape index (κ3) is 3.39. The van der Waals surface area contributed by atoms with Gasteiger partial charge in [0.1, 0.15) is 5.15 Å². The average molecular weight is 274 g/mol. The molecule has 0 aliphatic carbocycles. The van der Waals surface area contributed by atoms with Gasteiger partial charge >= 0.3 is 0 Å². The molecule has 0 spiro atoms. The summed E-state index contributed by atoms with van der Waals surface area (Å²) in [5.74, 6) is 3.48. The first kappa shape index (κ1) is 13.2. The van der Waals surface area contributed by atoms with Crippen LogP contribution in [0.3, 0.4) is 0 Å². The minimum Gasteiger partial charge on any atom is -0.312 e. The molecule has 0 radical (unpaired) electrons. The summed E-state index contributed by atoms with van der Waals surface area (Å²) in [6.07, 6.45) is 2.69. The number of thioether (sulfide) groups is 1. The van der Waals surface area contributed by atoms with Crippen molar-refractivity contribution in [1.82, 2.24) is 15.1 Å². The summed E-state index contributed by atoms with van der Waals surface area (Å²) < 4.78 is 1.74. The molecule has 1 aliphatic rings. The second-order valence-corrected chi connectivity index (χ2v) is 6.25. The van der Waals surface area contributed by atoms with Gasteiger partial charge in [0.15, 0.2) is 0 Å². The van der Waals surface area contributed by atoms with E-state index in [9.17, 15) is 0 Å². The van der Waals surface area contributed by atoms with E-state index >= 15 is 0 Å². The molecular formula is C12H20ClN3S. The molecule has 0 amide bonds. The summed E-state index contributed by atoms with van der Waals surface area (Å²) in [5.41, 5.74) is 2.17. The Morgan fingerprint density at radius 1 is 1.47 bits per heavy atom. The Morgan fingerprint density at radius 3 is 2.76 bits per heavy atom. The number of halogens is 1. The van der Waals surface area contributed by atoms with E-state index < -0.39 is 0 Å². The fraction of sp³-hybridized carbons (Fsp3) is 0.750. The molecule has 1 N–H and O–H groups in total. The smallest absolute Gasteiger partial charge is 0.131 e. The van der Waals surface area contributed by atoms with Gasteiger partial charge in [-0.3, -0.25) is 4.68 Å². The maximum atomic E-state index is 6.19. The van der Waals surface area contributed by atoms with Gasteiger partial charge in [0, 0.05) is 19.2 Å². The third-order valence-corrected chi connectivity index (χ3v) is 4.87. The number of hydrogen-bond donors (Lipinski definition) is 1. The number of aryl methyl sites for hydroxylation is 2. The molecule has 1 aromatic rings. The Morgan fingerprint density at radius 2 is 2.18 bits per heavy atom. The minimum absolute atomic E-state index is 0.759. The van der Waals surface area contributed by atoms with Crippen LogP contribution in [-0.2, 0) is 13.6 Å². The van der Waals surface area contributed by atoms with Crippen LogP contribution < -0.4 is 5.32 Å². The summed E-state index contributed by atoms with van der Waals surface area (Å²) in [5, 5.41) is 8.60. The Balaban J connectivity index is 1.81. The molecule has 0 unspecified atom stereocenters. The van der Waals surface area contributed by atoms with Crippen LogP contribution in [0.1, 0.15) is 24.1 Å². The van der Waals surface area contributed by atoms with Gasteiger partial charge in [-0.25, -0.2) is 0 Å². The number of rotatable bonds is 4. The van der Waals surface area contributed by atoms with Crippen molar-refractivity contribution in [2.45, 2.75) is 26.3 Å². The Bertz CT molecular complexity index is 372. The normalized spacial score (nSPS) is 17.6. The first-order valence-corrected chi connectivity index (χ1v) is 7.68. The maximum absolute atomic E-state index is 6.19. The molecular weight excluding hydrogens is 254 g/mol. The maximum Gasteiger partial charge on any atom is 0.131 e. The van der Waals surface area contributed by atoms with Crippen molar-refractivity contribution in [1.29, 1.82) is 0 Å². The van der Waals surface area contributed by atoms with Crippen molar-refractivity contribution in [3.8, 4) is 0 Å². The molecule has 1 fully saturated rings. The molecule has 0 bridgehead atoms. The molecule has 5 heteroatoms. The highest BCUT2D eigenvalue weighted by Crippen LogP contribution is 2.22. The standard InChI is InChI=1S/C12H20ClN3S/c1-9-11(12(13)16(2)15-9)8-14-7-10-3-5-17-6-4-10/h10,14H,3-8H2,1-2H3. The fourth-order valence-electron chi connectivity index (χ4n) is 2.23. The Hall–Kier alpha value is -0.190. The molecule has 1 aromatic heterocycles. The van der Waals surface area contributed by atoms with E-state index in [1.807, 2.05) is 14.0 Å². The van der Waals surface area contributed by atoms with Gasteiger partial charge < -0.3 is 5.32 Å². The average Bonchev–Trinajstić information content (AvgIpc) is 2.57. The van der Waals surface area contributed by atoms with Crippen molar-refractivity contribution < 1.29 is 0 Å². The molecule has 0 aromatic carbocycles. The highest BCUT2D eigenvalue weighted by atomic mass is 35.5. The van der Waals surface area contributed by atoms with Gasteiger partial charge in [0.05, 0.1) is 5.69 Å². The zero-order chi connectivity index (χ0) is 12.3. The van der Waals surface area contributed by atoms with Crippen LogP contribution in [0, 0.1) is 12.8 Å². The van der Waals surface area contributed by atoms with Gasteiger partial charge in [0.2, 0.25) is 0 Å². The molecule has 17 heavy (non-hydrogen) atoms. The number of nitrogens with zero attached hydrogens (tertiary/aromatic N) is 2.